The topological polar surface area (TPSA) is 69.6 Å². The lowest BCUT2D eigenvalue weighted by Crippen LogP contribution is -2.41. The monoisotopic (exact) mass is 346 g/mol. The highest BCUT2D eigenvalue weighted by Crippen LogP contribution is 2.22. The van der Waals surface area contributed by atoms with E-state index in [1.54, 1.807) is 12.1 Å². The largest absolute Gasteiger partial charge is 0.390 e. The number of aliphatic hydroxyl groups is 1. The molecule has 2 rings (SSSR count). The number of halogens is 1. The smallest absolute Gasteiger partial charge is 0.242 e. The van der Waals surface area contributed by atoms with Crippen LogP contribution in [0.1, 0.15) is 20.3 Å². The van der Waals surface area contributed by atoms with Gasteiger partial charge in [-0.3, -0.25) is 4.90 Å². The van der Waals surface area contributed by atoms with E-state index in [4.69, 9.17) is 11.6 Å². The van der Waals surface area contributed by atoms with Crippen LogP contribution >= 0.6 is 11.6 Å². The number of nitrogens with one attached hydrogen (secondary N) is 1. The number of rotatable bonds is 6. The lowest BCUT2D eigenvalue weighted by molar-refractivity contribution is 0.111. The summed E-state index contributed by atoms with van der Waals surface area (Å²) >= 11 is 5.91. The van der Waals surface area contributed by atoms with Gasteiger partial charge in [0.1, 0.15) is 4.90 Å². The molecule has 3 atom stereocenters. The van der Waals surface area contributed by atoms with Crippen LogP contribution in [0.2, 0.25) is 5.02 Å². The van der Waals surface area contributed by atoms with Gasteiger partial charge in [0.05, 0.1) is 11.1 Å². The molecule has 1 saturated heterocycles. The zero-order chi connectivity index (χ0) is 16.3. The maximum absolute atomic E-state index is 12.2. The Morgan fingerprint density at radius 3 is 2.68 bits per heavy atom. The fraction of sp³-hybridized carbons (Fsp3) is 0.600. The van der Waals surface area contributed by atoms with Crippen LogP contribution in [-0.4, -0.2) is 50.2 Å². The summed E-state index contributed by atoms with van der Waals surface area (Å²) in [5.41, 5.74) is 0. The first kappa shape index (κ1) is 17.7. The Balaban J connectivity index is 1.91. The molecular formula is C15H23ClN2O3S. The molecule has 0 radical (unpaired) electrons. The highest BCUT2D eigenvalue weighted by atomic mass is 35.5. The Labute approximate surface area is 137 Å². The summed E-state index contributed by atoms with van der Waals surface area (Å²) in [4.78, 5) is 2.23. The predicted octanol–water partition coefficient (Wildman–Crippen LogP) is 1.71. The molecule has 2 N–H and O–H groups in total. The quantitative estimate of drug-likeness (QED) is 0.822. The third-order valence-electron chi connectivity index (χ3n) is 3.99. The molecule has 0 spiro atoms. The Kier molecular flexibility index (Phi) is 5.85. The molecule has 1 aliphatic heterocycles. The molecule has 1 aromatic carbocycles. The third-order valence-corrected chi connectivity index (χ3v) is 5.92. The molecule has 0 amide bonds. The first-order chi connectivity index (χ1) is 10.3. The summed E-state index contributed by atoms with van der Waals surface area (Å²) in [6.07, 6.45) is 0.364. The molecule has 124 valence electrons. The molecule has 1 aliphatic rings. The summed E-state index contributed by atoms with van der Waals surface area (Å²) in [6, 6.07) is 6.68. The van der Waals surface area contributed by atoms with E-state index in [1.807, 2.05) is 0 Å². The number of likely N-dealkylation sites (tertiary alicyclic amines) is 1. The molecule has 1 fully saturated rings. The summed E-state index contributed by atoms with van der Waals surface area (Å²) in [5, 5.41) is 10.3. The second-order valence-corrected chi connectivity index (χ2v) is 8.22. The maximum Gasteiger partial charge on any atom is 0.242 e. The summed E-state index contributed by atoms with van der Waals surface area (Å²) in [5.74, 6) is 0.613. The van der Waals surface area contributed by atoms with Crippen molar-refractivity contribution in [2.45, 2.75) is 37.3 Å². The van der Waals surface area contributed by atoms with Crippen molar-refractivity contribution in [1.82, 2.24) is 9.62 Å². The van der Waals surface area contributed by atoms with Gasteiger partial charge in [0.25, 0.3) is 0 Å². The first-order valence-electron chi connectivity index (χ1n) is 7.46. The zero-order valence-corrected chi connectivity index (χ0v) is 14.4. The molecule has 22 heavy (non-hydrogen) atoms. The van der Waals surface area contributed by atoms with E-state index in [0.29, 0.717) is 18.5 Å². The van der Waals surface area contributed by atoms with Gasteiger partial charge in [0.2, 0.25) is 10.0 Å². The van der Waals surface area contributed by atoms with E-state index in [0.717, 1.165) is 13.0 Å². The van der Waals surface area contributed by atoms with Gasteiger partial charge in [-0.1, -0.05) is 30.7 Å². The van der Waals surface area contributed by atoms with Crippen LogP contribution in [0.25, 0.3) is 0 Å². The van der Waals surface area contributed by atoms with Gasteiger partial charge in [0.15, 0.2) is 0 Å². The average molecular weight is 347 g/mol. The zero-order valence-electron chi connectivity index (χ0n) is 12.9. The van der Waals surface area contributed by atoms with Crippen LogP contribution in [0.5, 0.6) is 0 Å². The van der Waals surface area contributed by atoms with Gasteiger partial charge < -0.3 is 5.11 Å². The van der Waals surface area contributed by atoms with E-state index in [1.165, 1.54) is 12.1 Å². The SMILES string of the molecule is CC1CC(C)N(CC(O)CNS(=O)(=O)c2ccccc2Cl)C1. The van der Waals surface area contributed by atoms with E-state index < -0.39 is 16.1 Å². The van der Waals surface area contributed by atoms with Crippen LogP contribution in [-0.2, 0) is 10.0 Å². The van der Waals surface area contributed by atoms with Crippen LogP contribution in [0.15, 0.2) is 29.2 Å². The summed E-state index contributed by atoms with van der Waals surface area (Å²) in [6.45, 7) is 5.70. The number of nitrogens with zero attached hydrogens (tertiary/aromatic N) is 1. The number of hydrogen-bond donors (Lipinski definition) is 2. The fourth-order valence-electron chi connectivity index (χ4n) is 2.92. The van der Waals surface area contributed by atoms with E-state index in [2.05, 4.69) is 23.5 Å². The number of sulfonamides is 1. The Bertz CT molecular complexity index is 609. The molecule has 1 heterocycles. The Morgan fingerprint density at radius 1 is 1.41 bits per heavy atom. The maximum atomic E-state index is 12.2. The lowest BCUT2D eigenvalue weighted by atomic mass is 10.1. The van der Waals surface area contributed by atoms with Crippen LogP contribution < -0.4 is 4.72 Å². The van der Waals surface area contributed by atoms with E-state index in [-0.39, 0.29) is 16.5 Å². The van der Waals surface area contributed by atoms with Crippen molar-refractivity contribution in [3.8, 4) is 0 Å². The van der Waals surface area contributed by atoms with Gasteiger partial charge in [-0.25, -0.2) is 13.1 Å². The lowest BCUT2D eigenvalue weighted by Gasteiger charge is -2.24. The van der Waals surface area contributed by atoms with Gasteiger partial charge >= 0.3 is 0 Å². The minimum absolute atomic E-state index is 0.0227. The summed E-state index contributed by atoms with van der Waals surface area (Å²) in [7, 11) is -3.70. The molecule has 7 heteroatoms. The Hall–Kier alpha value is -0.660. The van der Waals surface area contributed by atoms with E-state index in [9.17, 15) is 13.5 Å². The average Bonchev–Trinajstić information content (AvgIpc) is 2.75. The second kappa shape index (κ2) is 7.27. The van der Waals surface area contributed by atoms with Gasteiger partial charge in [-0.2, -0.15) is 0 Å². The minimum atomic E-state index is -3.70. The molecule has 0 saturated carbocycles. The molecule has 0 aromatic heterocycles. The highest BCUT2D eigenvalue weighted by molar-refractivity contribution is 7.89. The Morgan fingerprint density at radius 2 is 2.09 bits per heavy atom. The van der Waals surface area contributed by atoms with Crippen molar-refractivity contribution in [2.24, 2.45) is 5.92 Å². The van der Waals surface area contributed by atoms with Crippen molar-refractivity contribution >= 4 is 21.6 Å². The molecule has 1 aromatic rings. The molecular weight excluding hydrogens is 324 g/mol. The van der Waals surface area contributed by atoms with Crippen LogP contribution in [0.3, 0.4) is 0 Å². The number of benzene rings is 1. The molecule has 0 aliphatic carbocycles. The fourth-order valence-corrected chi connectivity index (χ4v) is 4.51. The number of β-amino-alcohol motifs (C(OH)–C–C–N with tert-alkyl or cyclic N) is 1. The predicted molar refractivity (Wildman–Crippen MR) is 87.5 cm³/mol. The highest BCUT2D eigenvalue weighted by Gasteiger charge is 2.28. The standard InChI is InChI=1S/C15H23ClN2O3S/c1-11-7-12(2)18(9-11)10-13(19)8-17-22(20,21)15-6-4-3-5-14(15)16/h3-6,11-13,17,19H,7-10H2,1-2H3. The van der Waals surface area contributed by atoms with E-state index >= 15 is 0 Å². The van der Waals surface area contributed by atoms with Crippen molar-refractivity contribution in [3.63, 3.8) is 0 Å². The molecule has 5 nitrogen and oxygen atoms in total. The molecule has 0 bridgehead atoms. The van der Waals surface area contributed by atoms with Crippen LogP contribution in [0.4, 0.5) is 0 Å². The second-order valence-electron chi connectivity index (χ2n) is 6.08. The van der Waals surface area contributed by atoms with Crippen molar-refractivity contribution in [2.75, 3.05) is 19.6 Å². The molecule has 3 unspecified atom stereocenters. The number of hydrogen-bond acceptors (Lipinski definition) is 4. The van der Waals surface area contributed by atoms with Crippen molar-refractivity contribution in [1.29, 1.82) is 0 Å². The third kappa shape index (κ3) is 4.43. The van der Waals surface area contributed by atoms with Crippen molar-refractivity contribution in [3.05, 3.63) is 29.3 Å². The minimum Gasteiger partial charge on any atom is -0.390 e. The van der Waals surface area contributed by atoms with Gasteiger partial charge in [0, 0.05) is 25.7 Å². The van der Waals surface area contributed by atoms with Gasteiger partial charge in [-0.15, -0.1) is 0 Å². The first-order valence-corrected chi connectivity index (χ1v) is 9.32. The van der Waals surface area contributed by atoms with Crippen LogP contribution in [0, 0.1) is 5.92 Å². The van der Waals surface area contributed by atoms with Crippen molar-refractivity contribution < 1.29 is 13.5 Å². The summed E-state index contributed by atoms with van der Waals surface area (Å²) < 4.78 is 26.8. The number of aliphatic hydroxyl groups excluding tert-OH is 1. The van der Waals surface area contributed by atoms with Gasteiger partial charge in [-0.05, 0) is 31.4 Å². The normalized spacial score (nSPS) is 24.5.